The molecule has 1 amide bonds. The Morgan fingerprint density at radius 3 is 2.47 bits per heavy atom. The number of carbonyl (C=O) groups excluding carboxylic acids is 1. The van der Waals surface area contributed by atoms with E-state index in [0.717, 1.165) is 6.07 Å². The standard InChI is InChI=1S/C8H6F3NO2S/c9-8(10,11)14-5-3-4(7(12)13)1-2-6(5)15/h1-3,15H,(H2,12,13). The van der Waals surface area contributed by atoms with Crippen molar-refractivity contribution in [3.8, 4) is 5.75 Å². The molecule has 82 valence electrons. The van der Waals surface area contributed by atoms with Crippen molar-refractivity contribution >= 4 is 18.5 Å². The van der Waals surface area contributed by atoms with E-state index in [0.29, 0.717) is 0 Å². The van der Waals surface area contributed by atoms with Crippen LogP contribution in [0.5, 0.6) is 5.75 Å². The number of hydrogen-bond donors (Lipinski definition) is 2. The summed E-state index contributed by atoms with van der Waals surface area (Å²) in [5.41, 5.74) is 4.82. The second-order valence-electron chi connectivity index (χ2n) is 2.59. The summed E-state index contributed by atoms with van der Waals surface area (Å²) in [7, 11) is 0. The Kier molecular flexibility index (Phi) is 3.13. The van der Waals surface area contributed by atoms with Gasteiger partial charge in [-0.2, -0.15) is 0 Å². The summed E-state index contributed by atoms with van der Waals surface area (Å²) in [4.78, 5) is 10.7. The number of hydrogen-bond acceptors (Lipinski definition) is 3. The number of halogens is 3. The molecule has 0 aromatic heterocycles. The molecule has 0 aliphatic heterocycles. The topological polar surface area (TPSA) is 52.3 Å². The quantitative estimate of drug-likeness (QED) is 0.772. The van der Waals surface area contributed by atoms with Crippen LogP contribution < -0.4 is 10.5 Å². The summed E-state index contributed by atoms with van der Waals surface area (Å²) in [6, 6.07) is 3.34. The van der Waals surface area contributed by atoms with Gasteiger partial charge in [-0.15, -0.1) is 25.8 Å². The van der Waals surface area contributed by atoms with E-state index in [2.05, 4.69) is 17.4 Å². The van der Waals surface area contributed by atoms with Crippen molar-refractivity contribution in [2.45, 2.75) is 11.3 Å². The van der Waals surface area contributed by atoms with Gasteiger partial charge in [-0.3, -0.25) is 4.79 Å². The van der Waals surface area contributed by atoms with Gasteiger partial charge in [0.2, 0.25) is 5.91 Å². The molecule has 15 heavy (non-hydrogen) atoms. The highest BCUT2D eigenvalue weighted by Gasteiger charge is 2.32. The van der Waals surface area contributed by atoms with E-state index >= 15 is 0 Å². The van der Waals surface area contributed by atoms with Crippen molar-refractivity contribution in [1.82, 2.24) is 0 Å². The van der Waals surface area contributed by atoms with Crippen molar-refractivity contribution in [3.05, 3.63) is 23.8 Å². The molecule has 0 aliphatic rings. The first-order valence-electron chi connectivity index (χ1n) is 3.68. The van der Waals surface area contributed by atoms with Crippen molar-refractivity contribution < 1.29 is 22.7 Å². The Hall–Kier alpha value is -1.37. The lowest BCUT2D eigenvalue weighted by atomic mass is 10.2. The van der Waals surface area contributed by atoms with Gasteiger partial charge < -0.3 is 10.5 Å². The molecule has 1 aromatic rings. The molecular weight excluding hydrogens is 231 g/mol. The van der Waals surface area contributed by atoms with Gasteiger partial charge in [0.1, 0.15) is 5.75 Å². The van der Waals surface area contributed by atoms with Crippen molar-refractivity contribution in [3.63, 3.8) is 0 Å². The Bertz CT molecular complexity index is 392. The maximum atomic E-state index is 11.9. The number of nitrogens with two attached hydrogens (primary N) is 1. The predicted molar refractivity (Wildman–Crippen MR) is 48.9 cm³/mol. The summed E-state index contributed by atoms with van der Waals surface area (Å²) in [6.07, 6.45) is -4.83. The van der Waals surface area contributed by atoms with E-state index in [1.807, 2.05) is 0 Å². The molecule has 1 rings (SSSR count). The van der Waals surface area contributed by atoms with E-state index in [1.54, 1.807) is 0 Å². The minimum atomic E-state index is -4.83. The molecule has 0 heterocycles. The Labute approximate surface area is 88.4 Å². The largest absolute Gasteiger partial charge is 0.573 e. The van der Waals surface area contributed by atoms with Gasteiger partial charge >= 0.3 is 6.36 Å². The SMILES string of the molecule is NC(=O)c1ccc(S)c(OC(F)(F)F)c1. The van der Waals surface area contributed by atoms with Gasteiger partial charge in [0, 0.05) is 10.5 Å². The third-order valence-electron chi connectivity index (χ3n) is 1.47. The van der Waals surface area contributed by atoms with Crippen LogP contribution in [-0.4, -0.2) is 12.3 Å². The van der Waals surface area contributed by atoms with Crippen molar-refractivity contribution in [2.24, 2.45) is 5.73 Å². The van der Waals surface area contributed by atoms with Crippen LogP contribution in [0.4, 0.5) is 13.2 Å². The molecular formula is C8H6F3NO2S. The summed E-state index contributed by atoms with van der Waals surface area (Å²) in [5, 5.41) is 0. The molecule has 0 atom stereocenters. The Morgan fingerprint density at radius 2 is 2.00 bits per heavy atom. The lowest BCUT2D eigenvalue weighted by Crippen LogP contribution is -2.18. The van der Waals surface area contributed by atoms with Gasteiger partial charge in [0.05, 0.1) is 0 Å². The highest BCUT2D eigenvalue weighted by Crippen LogP contribution is 2.29. The highest BCUT2D eigenvalue weighted by atomic mass is 32.1. The fourth-order valence-electron chi connectivity index (χ4n) is 0.874. The molecule has 0 aliphatic carbocycles. The van der Waals surface area contributed by atoms with Crippen LogP contribution in [0.3, 0.4) is 0 Å². The first-order chi connectivity index (χ1) is 6.79. The van der Waals surface area contributed by atoms with Crippen LogP contribution >= 0.6 is 12.6 Å². The number of ether oxygens (including phenoxy) is 1. The van der Waals surface area contributed by atoms with Gasteiger partial charge in [-0.25, -0.2) is 0 Å². The van der Waals surface area contributed by atoms with Crippen LogP contribution in [0, 0.1) is 0 Å². The number of benzene rings is 1. The van der Waals surface area contributed by atoms with Crippen molar-refractivity contribution in [2.75, 3.05) is 0 Å². The predicted octanol–water partition coefficient (Wildman–Crippen LogP) is 1.97. The summed E-state index contributed by atoms with van der Waals surface area (Å²) in [5.74, 6) is -1.39. The normalized spacial score (nSPS) is 11.2. The highest BCUT2D eigenvalue weighted by molar-refractivity contribution is 7.80. The average Bonchev–Trinajstić information content (AvgIpc) is 2.06. The molecule has 0 bridgehead atoms. The first-order valence-corrected chi connectivity index (χ1v) is 4.13. The fraction of sp³-hybridized carbons (Fsp3) is 0.125. The fourth-order valence-corrected chi connectivity index (χ4v) is 1.06. The molecule has 7 heteroatoms. The van der Waals surface area contributed by atoms with Gasteiger partial charge in [-0.1, -0.05) is 0 Å². The number of primary amides is 1. The second-order valence-corrected chi connectivity index (χ2v) is 3.08. The van der Waals surface area contributed by atoms with Gasteiger partial charge in [0.25, 0.3) is 0 Å². The first kappa shape index (κ1) is 11.7. The smallest absolute Gasteiger partial charge is 0.405 e. The minimum Gasteiger partial charge on any atom is -0.405 e. The van der Waals surface area contributed by atoms with E-state index in [-0.39, 0.29) is 10.5 Å². The van der Waals surface area contributed by atoms with E-state index < -0.39 is 18.0 Å². The lowest BCUT2D eigenvalue weighted by Gasteiger charge is -2.11. The summed E-state index contributed by atoms with van der Waals surface area (Å²) < 4.78 is 39.3. The zero-order valence-electron chi connectivity index (χ0n) is 7.21. The minimum absolute atomic E-state index is 0.0303. The van der Waals surface area contributed by atoms with Crippen LogP contribution in [0.2, 0.25) is 0 Å². The second kappa shape index (κ2) is 4.01. The third-order valence-corrected chi connectivity index (χ3v) is 1.84. The molecule has 0 radical (unpaired) electrons. The molecule has 0 unspecified atom stereocenters. The molecule has 0 saturated heterocycles. The number of rotatable bonds is 2. The zero-order chi connectivity index (χ0) is 11.6. The van der Waals surface area contributed by atoms with E-state index in [9.17, 15) is 18.0 Å². The number of alkyl halides is 3. The zero-order valence-corrected chi connectivity index (χ0v) is 8.10. The van der Waals surface area contributed by atoms with Gasteiger partial charge in [-0.05, 0) is 18.2 Å². The average molecular weight is 237 g/mol. The monoisotopic (exact) mass is 237 g/mol. The maximum absolute atomic E-state index is 11.9. The molecule has 1 aromatic carbocycles. The Morgan fingerprint density at radius 1 is 1.40 bits per heavy atom. The number of thiol groups is 1. The molecule has 0 fully saturated rings. The Balaban J connectivity index is 3.06. The third kappa shape index (κ3) is 3.35. The van der Waals surface area contributed by atoms with Crippen LogP contribution in [0.15, 0.2) is 23.1 Å². The van der Waals surface area contributed by atoms with Gasteiger partial charge in [0.15, 0.2) is 0 Å². The maximum Gasteiger partial charge on any atom is 0.573 e. The molecule has 2 N–H and O–H groups in total. The number of carbonyl (C=O) groups is 1. The molecule has 0 spiro atoms. The van der Waals surface area contributed by atoms with Crippen LogP contribution in [-0.2, 0) is 0 Å². The number of amides is 1. The summed E-state index contributed by atoms with van der Waals surface area (Å²) >= 11 is 3.75. The van der Waals surface area contributed by atoms with E-state index in [1.165, 1.54) is 12.1 Å². The van der Waals surface area contributed by atoms with Crippen LogP contribution in [0.25, 0.3) is 0 Å². The van der Waals surface area contributed by atoms with E-state index in [4.69, 9.17) is 5.73 Å². The summed E-state index contributed by atoms with van der Waals surface area (Å²) in [6.45, 7) is 0. The molecule has 3 nitrogen and oxygen atoms in total. The van der Waals surface area contributed by atoms with Crippen molar-refractivity contribution in [1.29, 1.82) is 0 Å². The molecule has 0 saturated carbocycles. The lowest BCUT2D eigenvalue weighted by molar-refractivity contribution is -0.275. The van der Waals surface area contributed by atoms with Crippen LogP contribution in [0.1, 0.15) is 10.4 Å².